The number of ether oxygens (including phenoxy) is 2. The fraction of sp³-hybridized carbons (Fsp3) is 0.455. The molecule has 82 valence electrons. The van der Waals surface area contributed by atoms with E-state index in [4.69, 9.17) is 15.2 Å². The first-order chi connectivity index (χ1) is 7.29. The van der Waals surface area contributed by atoms with Crippen LogP contribution in [0.4, 0.5) is 5.69 Å². The summed E-state index contributed by atoms with van der Waals surface area (Å²) < 4.78 is 10.5. The van der Waals surface area contributed by atoms with Crippen LogP contribution in [0.15, 0.2) is 18.2 Å². The van der Waals surface area contributed by atoms with Gasteiger partial charge in [0.1, 0.15) is 0 Å². The third-order valence-electron chi connectivity index (χ3n) is 2.47. The van der Waals surface area contributed by atoms with Crippen LogP contribution >= 0.6 is 0 Å². The van der Waals surface area contributed by atoms with Crippen molar-refractivity contribution in [3.63, 3.8) is 0 Å². The molecule has 1 atom stereocenters. The molecule has 0 unspecified atom stereocenters. The van der Waals surface area contributed by atoms with E-state index in [0.29, 0.717) is 6.79 Å². The Morgan fingerprint density at radius 2 is 2.20 bits per heavy atom. The van der Waals surface area contributed by atoms with Gasteiger partial charge in [0.25, 0.3) is 0 Å². The van der Waals surface area contributed by atoms with Crippen LogP contribution in [0.1, 0.15) is 13.3 Å². The van der Waals surface area contributed by atoms with Gasteiger partial charge in [-0.2, -0.15) is 0 Å². The summed E-state index contributed by atoms with van der Waals surface area (Å²) in [4.78, 5) is 0. The highest BCUT2D eigenvalue weighted by Gasteiger charge is 2.13. The van der Waals surface area contributed by atoms with Crippen molar-refractivity contribution in [3.05, 3.63) is 18.2 Å². The lowest BCUT2D eigenvalue weighted by molar-refractivity contribution is 0.174. The number of benzene rings is 1. The van der Waals surface area contributed by atoms with Gasteiger partial charge in [-0.15, -0.1) is 0 Å². The first kappa shape index (κ1) is 10.1. The number of anilines is 1. The van der Waals surface area contributed by atoms with E-state index in [-0.39, 0.29) is 6.04 Å². The Morgan fingerprint density at radius 1 is 1.40 bits per heavy atom. The highest BCUT2D eigenvalue weighted by Crippen LogP contribution is 2.34. The molecule has 4 nitrogen and oxygen atoms in total. The van der Waals surface area contributed by atoms with E-state index in [1.165, 1.54) is 0 Å². The van der Waals surface area contributed by atoms with Crippen molar-refractivity contribution in [2.24, 2.45) is 5.73 Å². The predicted octanol–water partition coefficient (Wildman–Crippen LogP) is 1.56. The van der Waals surface area contributed by atoms with Gasteiger partial charge in [0, 0.05) is 24.3 Å². The zero-order valence-corrected chi connectivity index (χ0v) is 8.82. The minimum Gasteiger partial charge on any atom is -0.454 e. The average Bonchev–Trinajstić information content (AvgIpc) is 2.72. The van der Waals surface area contributed by atoms with E-state index in [1.54, 1.807) is 0 Å². The Bertz CT molecular complexity index is 341. The van der Waals surface area contributed by atoms with E-state index in [1.807, 2.05) is 18.2 Å². The Kier molecular flexibility index (Phi) is 2.97. The molecule has 1 heterocycles. The molecule has 0 bridgehead atoms. The molecule has 1 aliphatic heterocycles. The molecule has 0 fully saturated rings. The zero-order valence-electron chi connectivity index (χ0n) is 8.82. The maximum atomic E-state index is 5.82. The van der Waals surface area contributed by atoms with Crippen molar-refractivity contribution in [1.82, 2.24) is 0 Å². The topological polar surface area (TPSA) is 56.5 Å². The summed E-state index contributed by atoms with van der Waals surface area (Å²) >= 11 is 0. The van der Waals surface area contributed by atoms with Gasteiger partial charge in [-0.05, 0) is 18.6 Å². The molecule has 1 aromatic rings. The van der Waals surface area contributed by atoms with Crippen molar-refractivity contribution in [3.8, 4) is 11.5 Å². The molecule has 2 rings (SSSR count). The van der Waals surface area contributed by atoms with Crippen LogP contribution in [0, 0.1) is 0 Å². The monoisotopic (exact) mass is 208 g/mol. The molecular formula is C11H16N2O2. The molecule has 15 heavy (non-hydrogen) atoms. The molecule has 0 aromatic heterocycles. The third kappa shape index (κ3) is 2.33. The summed E-state index contributed by atoms with van der Waals surface area (Å²) in [6, 6.07) is 6.00. The minimum absolute atomic E-state index is 0.190. The van der Waals surface area contributed by atoms with Gasteiger partial charge in [-0.1, -0.05) is 6.92 Å². The van der Waals surface area contributed by atoms with Crippen LogP contribution < -0.4 is 20.5 Å². The lowest BCUT2D eigenvalue weighted by Crippen LogP contribution is -2.27. The molecule has 1 aromatic carbocycles. The predicted molar refractivity (Wildman–Crippen MR) is 59.3 cm³/mol. The second-order valence-corrected chi connectivity index (χ2v) is 3.62. The summed E-state index contributed by atoms with van der Waals surface area (Å²) in [5.74, 6) is 1.60. The molecule has 4 heteroatoms. The number of hydrogen-bond acceptors (Lipinski definition) is 4. The molecule has 0 saturated carbocycles. The molecule has 0 radical (unpaired) electrons. The second kappa shape index (κ2) is 4.40. The summed E-state index contributed by atoms with van der Waals surface area (Å²) in [5.41, 5.74) is 6.83. The standard InChI is InChI=1S/C11H16N2O2/c1-2-8(12)6-13-9-3-4-10-11(5-9)15-7-14-10/h3-5,8,13H,2,6-7,12H2,1H3/t8-/m0/s1. The fourth-order valence-corrected chi connectivity index (χ4v) is 1.40. The molecule has 1 aliphatic rings. The van der Waals surface area contributed by atoms with Gasteiger partial charge in [0.15, 0.2) is 11.5 Å². The van der Waals surface area contributed by atoms with Gasteiger partial charge < -0.3 is 20.5 Å². The summed E-state index contributed by atoms with van der Waals surface area (Å²) in [7, 11) is 0. The Morgan fingerprint density at radius 3 is 3.00 bits per heavy atom. The van der Waals surface area contributed by atoms with Crippen molar-refractivity contribution in [2.75, 3.05) is 18.7 Å². The Hall–Kier alpha value is -1.42. The number of hydrogen-bond donors (Lipinski definition) is 2. The lowest BCUT2D eigenvalue weighted by atomic mass is 10.2. The van der Waals surface area contributed by atoms with Gasteiger partial charge in [0.2, 0.25) is 6.79 Å². The maximum Gasteiger partial charge on any atom is 0.231 e. The van der Waals surface area contributed by atoms with Crippen molar-refractivity contribution in [2.45, 2.75) is 19.4 Å². The first-order valence-electron chi connectivity index (χ1n) is 5.18. The van der Waals surface area contributed by atoms with Crippen molar-refractivity contribution in [1.29, 1.82) is 0 Å². The molecule has 0 amide bonds. The van der Waals surface area contributed by atoms with E-state index in [0.717, 1.165) is 30.2 Å². The smallest absolute Gasteiger partial charge is 0.231 e. The number of nitrogens with two attached hydrogens (primary N) is 1. The van der Waals surface area contributed by atoms with E-state index in [2.05, 4.69) is 12.2 Å². The van der Waals surface area contributed by atoms with Crippen molar-refractivity contribution < 1.29 is 9.47 Å². The summed E-state index contributed by atoms with van der Waals surface area (Å²) in [6.07, 6.45) is 0.970. The third-order valence-corrected chi connectivity index (χ3v) is 2.47. The van der Waals surface area contributed by atoms with Crippen LogP contribution in [0.2, 0.25) is 0 Å². The maximum absolute atomic E-state index is 5.82. The molecular weight excluding hydrogens is 192 g/mol. The summed E-state index contributed by atoms with van der Waals surface area (Å²) in [6.45, 7) is 3.16. The Balaban J connectivity index is 1.98. The van der Waals surface area contributed by atoms with Crippen LogP contribution in [-0.4, -0.2) is 19.4 Å². The highest BCUT2D eigenvalue weighted by atomic mass is 16.7. The largest absolute Gasteiger partial charge is 0.454 e. The van der Waals surface area contributed by atoms with Crippen molar-refractivity contribution >= 4 is 5.69 Å². The van der Waals surface area contributed by atoms with E-state index >= 15 is 0 Å². The zero-order chi connectivity index (χ0) is 10.7. The Labute approximate surface area is 89.4 Å². The number of fused-ring (bicyclic) bond motifs is 1. The number of rotatable bonds is 4. The average molecular weight is 208 g/mol. The normalized spacial score (nSPS) is 15.1. The van der Waals surface area contributed by atoms with Crippen LogP contribution in [0.3, 0.4) is 0 Å². The number of nitrogens with one attached hydrogen (secondary N) is 1. The SMILES string of the molecule is CC[C@H](N)CNc1ccc2c(c1)OCO2. The van der Waals surface area contributed by atoms with Crippen LogP contribution in [0.5, 0.6) is 11.5 Å². The minimum atomic E-state index is 0.190. The van der Waals surface area contributed by atoms with Gasteiger partial charge >= 0.3 is 0 Å². The highest BCUT2D eigenvalue weighted by molar-refractivity contribution is 5.55. The van der Waals surface area contributed by atoms with Gasteiger partial charge in [0.05, 0.1) is 0 Å². The van der Waals surface area contributed by atoms with Gasteiger partial charge in [-0.3, -0.25) is 0 Å². The lowest BCUT2D eigenvalue weighted by Gasteiger charge is -2.11. The molecule has 0 aliphatic carbocycles. The fourth-order valence-electron chi connectivity index (χ4n) is 1.40. The first-order valence-corrected chi connectivity index (χ1v) is 5.18. The van der Waals surface area contributed by atoms with Gasteiger partial charge in [-0.25, -0.2) is 0 Å². The summed E-state index contributed by atoms with van der Waals surface area (Å²) in [5, 5.41) is 3.26. The van der Waals surface area contributed by atoms with Crippen LogP contribution in [0.25, 0.3) is 0 Å². The van der Waals surface area contributed by atoms with E-state index < -0.39 is 0 Å². The molecule has 3 N–H and O–H groups in total. The second-order valence-electron chi connectivity index (χ2n) is 3.62. The molecule has 0 spiro atoms. The van der Waals surface area contributed by atoms with Crippen LogP contribution in [-0.2, 0) is 0 Å². The van der Waals surface area contributed by atoms with E-state index in [9.17, 15) is 0 Å². The quantitative estimate of drug-likeness (QED) is 0.788. The molecule has 0 saturated heterocycles.